The summed E-state index contributed by atoms with van der Waals surface area (Å²) in [6.45, 7) is 5.96. The van der Waals surface area contributed by atoms with E-state index in [9.17, 15) is 4.79 Å². The van der Waals surface area contributed by atoms with Gasteiger partial charge in [-0.05, 0) is 25.0 Å². The van der Waals surface area contributed by atoms with Gasteiger partial charge in [0.15, 0.2) is 0 Å². The summed E-state index contributed by atoms with van der Waals surface area (Å²) >= 11 is 0. The Morgan fingerprint density at radius 2 is 1.89 bits per heavy atom. The van der Waals surface area contributed by atoms with Gasteiger partial charge in [-0.25, -0.2) is 4.98 Å². The highest BCUT2D eigenvalue weighted by molar-refractivity contribution is 5.93. The molecule has 1 aromatic rings. The Balaban J connectivity index is 2.35. The van der Waals surface area contributed by atoms with Gasteiger partial charge in [-0.1, -0.05) is 33.1 Å². The van der Waals surface area contributed by atoms with Crippen molar-refractivity contribution in [2.24, 2.45) is 0 Å². The Morgan fingerprint density at radius 1 is 1.11 bits per heavy atom. The van der Waals surface area contributed by atoms with Crippen molar-refractivity contribution in [3.63, 3.8) is 0 Å². The molecule has 2 N–H and O–H groups in total. The van der Waals surface area contributed by atoms with Crippen LogP contribution < -0.4 is 10.6 Å². The molecular weight excluding hydrogens is 238 g/mol. The number of carbonyl (C=O) groups is 1. The Kier molecular flexibility index (Phi) is 7.63. The summed E-state index contributed by atoms with van der Waals surface area (Å²) in [5, 5.41) is 6.13. The van der Waals surface area contributed by atoms with Gasteiger partial charge in [-0.2, -0.15) is 0 Å². The van der Waals surface area contributed by atoms with Gasteiger partial charge in [-0.3, -0.25) is 4.79 Å². The van der Waals surface area contributed by atoms with Crippen molar-refractivity contribution >= 4 is 11.7 Å². The molecule has 19 heavy (non-hydrogen) atoms. The van der Waals surface area contributed by atoms with Crippen molar-refractivity contribution in [2.75, 3.05) is 18.4 Å². The van der Waals surface area contributed by atoms with E-state index < -0.39 is 0 Å². The lowest BCUT2D eigenvalue weighted by Gasteiger charge is -2.07. The fourth-order valence-electron chi connectivity index (χ4n) is 1.70. The predicted octanol–water partition coefficient (Wildman–Crippen LogP) is 3.21. The molecule has 0 bridgehead atoms. The highest BCUT2D eigenvalue weighted by atomic mass is 16.1. The molecule has 0 radical (unpaired) electrons. The highest BCUT2D eigenvalue weighted by Gasteiger charge is 2.04. The number of aromatic nitrogens is 1. The number of amides is 1. The van der Waals surface area contributed by atoms with Crippen molar-refractivity contribution in [1.82, 2.24) is 10.3 Å². The summed E-state index contributed by atoms with van der Waals surface area (Å²) < 4.78 is 0. The van der Waals surface area contributed by atoms with Crippen LogP contribution >= 0.6 is 0 Å². The van der Waals surface area contributed by atoms with Crippen LogP contribution in [0.15, 0.2) is 18.3 Å². The lowest BCUT2D eigenvalue weighted by Crippen LogP contribution is -2.24. The minimum Gasteiger partial charge on any atom is -0.370 e. The van der Waals surface area contributed by atoms with E-state index in [1.54, 1.807) is 6.20 Å². The summed E-state index contributed by atoms with van der Waals surface area (Å²) in [5.41, 5.74) is 0.623. The van der Waals surface area contributed by atoms with Gasteiger partial charge < -0.3 is 10.6 Å². The first-order valence-electron chi connectivity index (χ1n) is 7.26. The van der Waals surface area contributed by atoms with E-state index in [2.05, 4.69) is 29.5 Å². The maximum atomic E-state index is 11.8. The van der Waals surface area contributed by atoms with Crippen molar-refractivity contribution in [3.8, 4) is 0 Å². The molecule has 0 aliphatic heterocycles. The van der Waals surface area contributed by atoms with Crippen LogP contribution in [0.3, 0.4) is 0 Å². The van der Waals surface area contributed by atoms with Crippen LogP contribution in [-0.4, -0.2) is 24.0 Å². The van der Waals surface area contributed by atoms with Gasteiger partial charge in [0.2, 0.25) is 0 Å². The second-order valence-corrected chi connectivity index (χ2v) is 4.68. The maximum absolute atomic E-state index is 11.8. The fourth-order valence-corrected chi connectivity index (χ4v) is 1.70. The van der Waals surface area contributed by atoms with E-state index in [1.165, 1.54) is 0 Å². The molecular formula is C15H25N3O. The number of carbonyl (C=O) groups excluding carboxylic acids is 1. The smallest absolute Gasteiger partial charge is 0.252 e. The predicted molar refractivity (Wildman–Crippen MR) is 79.5 cm³/mol. The molecule has 1 aromatic heterocycles. The molecule has 1 rings (SSSR count). The highest BCUT2D eigenvalue weighted by Crippen LogP contribution is 2.05. The number of hydrogen-bond donors (Lipinski definition) is 2. The zero-order chi connectivity index (χ0) is 13.9. The Morgan fingerprint density at radius 3 is 2.53 bits per heavy atom. The molecule has 0 aliphatic carbocycles. The monoisotopic (exact) mass is 263 g/mol. The molecule has 0 saturated heterocycles. The number of nitrogens with zero attached hydrogens (tertiary/aromatic N) is 1. The number of unbranched alkanes of at least 4 members (excludes halogenated alkanes) is 3. The first-order chi connectivity index (χ1) is 9.27. The van der Waals surface area contributed by atoms with Crippen LogP contribution in [0.2, 0.25) is 0 Å². The summed E-state index contributed by atoms with van der Waals surface area (Å²) in [6.07, 6.45) is 7.26. The molecule has 106 valence electrons. The lowest BCUT2D eigenvalue weighted by atomic mass is 10.2. The topological polar surface area (TPSA) is 54.0 Å². The first-order valence-corrected chi connectivity index (χ1v) is 7.26. The molecule has 0 saturated carbocycles. The third kappa shape index (κ3) is 6.22. The molecule has 1 heterocycles. The van der Waals surface area contributed by atoms with Gasteiger partial charge >= 0.3 is 0 Å². The van der Waals surface area contributed by atoms with Crippen molar-refractivity contribution in [2.45, 2.75) is 46.0 Å². The molecule has 0 spiro atoms. The van der Waals surface area contributed by atoms with Crippen LogP contribution in [-0.2, 0) is 0 Å². The van der Waals surface area contributed by atoms with Crippen molar-refractivity contribution in [1.29, 1.82) is 0 Å². The van der Waals surface area contributed by atoms with Crippen molar-refractivity contribution < 1.29 is 4.79 Å². The number of anilines is 1. The van der Waals surface area contributed by atoms with Crippen LogP contribution in [0, 0.1) is 0 Å². The molecule has 4 heteroatoms. The van der Waals surface area contributed by atoms with Gasteiger partial charge in [0.25, 0.3) is 5.91 Å². The van der Waals surface area contributed by atoms with Gasteiger partial charge in [0.05, 0.1) is 5.56 Å². The quantitative estimate of drug-likeness (QED) is 0.673. The van der Waals surface area contributed by atoms with E-state index in [0.29, 0.717) is 5.56 Å². The maximum Gasteiger partial charge on any atom is 0.252 e. The zero-order valence-electron chi connectivity index (χ0n) is 12.0. The standard InChI is InChI=1S/C15H25N3O/c1-3-5-7-11-17-15(19)13-8-9-14(18-12-13)16-10-6-4-2/h8-9,12H,3-7,10-11H2,1-2H3,(H,16,18)(H,17,19). The van der Waals surface area contributed by atoms with Crippen LogP contribution in [0.5, 0.6) is 0 Å². The lowest BCUT2D eigenvalue weighted by molar-refractivity contribution is 0.0952. The number of hydrogen-bond acceptors (Lipinski definition) is 3. The molecule has 0 aromatic carbocycles. The molecule has 4 nitrogen and oxygen atoms in total. The zero-order valence-corrected chi connectivity index (χ0v) is 12.0. The average Bonchev–Trinajstić information content (AvgIpc) is 2.44. The van der Waals surface area contributed by atoms with Crippen LogP contribution in [0.4, 0.5) is 5.82 Å². The normalized spacial score (nSPS) is 10.2. The minimum absolute atomic E-state index is 0.0382. The summed E-state index contributed by atoms with van der Waals surface area (Å²) in [7, 11) is 0. The molecule has 0 aliphatic rings. The minimum atomic E-state index is -0.0382. The van der Waals surface area contributed by atoms with E-state index in [-0.39, 0.29) is 5.91 Å². The fraction of sp³-hybridized carbons (Fsp3) is 0.600. The first kappa shape index (κ1) is 15.5. The number of pyridine rings is 1. The van der Waals surface area contributed by atoms with E-state index >= 15 is 0 Å². The second kappa shape index (κ2) is 9.36. The van der Waals surface area contributed by atoms with Crippen LogP contribution in [0.1, 0.15) is 56.3 Å². The van der Waals surface area contributed by atoms with E-state index in [4.69, 9.17) is 0 Å². The Bertz CT molecular complexity index is 362. The SMILES string of the molecule is CCCCCNC(=O)c1ccc(NCCCC)nc1. The molecule has 0 fully saturated rings. The summed E-state index contributed by atoms with van der Waals surface area (Å²) in [6, 6.07) is 3.67. The summed E-state index contributed by atoms with van der Waals surface area (Å²) in [4.78, 5) is 16.1. The third-order valence-corrected chi connectivity index (χ3v) is 2.93. The van der Waals surface area contributed by atoms with E-state index in [1.807, 2.05) is 12.1 Å². The Hall–Kier alpha value is -1.58. The summed E-state index contributed by atoms with van der Waals surface area (Å²) in [5.74, 6) is 0.791. The molecule has 0 unspecified atom stereocenters. The van der Waals surface area contributed by atoms with Crippen molar-refractivity contribution in [3.05, 3.63) is 23.9 Å². The van der Waals surface area contributed by atoms with Gasteiger partial charge in [-0.15, -0.1) is 0 Å². The number of rotatable bonds is 9. The Labute approximate surface area is 116 Å². The van der Waals surface area contributed by atoms with Gasteiger partial charge in [0.1, 0.15) is 5.82 Å². The van der Waals surface area contributed by atoms with Crippen LogP contribution in [0.25, 0.3) is 0 Å². The molecule has 1 amide bonds. The second-order valence-electron chi connectivity index (χ2n) is 4.68. The number of nitrogens with one attached hydrogen (secondary N) is 2. The molecule has 0 atom stereocenters. The average molecular weight is 263 g/mol. The van der Waals surface area contributed by atoms with Gasteiger partial charge in [0, 0.05) is 19.3 Å². The van der Waals surface area contributed by atoms with E-state index in [0.717, 1.165) is 51.0 Å². The third-order valence-electron chi connectivity index (χ3n) is 2.93. The largest absolute Gasteiger partial charge is 0.370 e.